The summed E-state index contributed by atoms with van der Waals surface area (Å²) in [7, 11) is 0. The Hall–Kier alpha value is -1.68. The highest BCUT2D eigenvalue weighted by Gasteiger charge is 2.07. The molecule has 1 aromatic carbocycles. The van der Waals surface area contributed by atoms with Gasteiger partial charge in [-0.1, -0.05) is 30.7 Å². The molecule has 0 amide bonds. The normalized spacial score (nSPS) is 10.5. The summed E-state index contributed by atoms with van der Waals surface area (Å²) in [5.74, 6) is 0.538. The van der Waals surface area contributed by atoms with Crippen LogP contribution in [0.15, 0.2) is 30.6 Å². The average Bonchev–Trinajstić information content (AvgIpc) is 2.39. The molecule has 0 aliphatic heterocycles. The van der Waals surface area contributed by atoms with Crippen molar-refractivity contribution >= 4 is 17.4 Å². The molecule has 0 saturated heterocycles. The molecule has 0 atom stereocenters. The molecule has 1 heterocycles. The maximum Gasteiger partial charge on any atom is 0.137 e. The molecule has 0 unspecified atom stereocenters. The summed E-state index contributed by atoms with van der Waals surface area (Å²) in [5.41, 5.74) is 1.86. The Kier molecular flexibility index (Phi) is 4.68. The minimum atomic E-state index is -0.211. The van der Waals surface area contributed by atoms with Crippen LogP contribution in [0.25, 0.3) is 0 Å². The van der Waals surface area contributed by atoms with Gasteiger partial charge in [0.15, 0.2) is 0 Å². The van der Waals surface area contributed by atoms with Crippen LogP contribution in [0.5, 0.6) is 0 Å². The summed E-state index contributed by atoms with van der Waals surface area (Å²) in [6.45, 7) is 2.67. The van der Waals surface area contributed by atoms with E-state index >= 15 is 0 Å². The number of aromatic nitrogens is 2. The SMILES string of the molecule is CCc1c(Cl)ncnc1NCCc1cccc(F)c1. The molecule has 0 saturated carbocycles. The van der Waals surface area contributed by atoms with Crippen LogP contribution < -0.4 is 5.32 Å². The molecule has 3 nitrogen and oxygen atoms in total. The van der Waals surface area contributed by atoms with Gasteiger partial charge in [-0.05, 0) is 30.5 Å². The summed E-state index contributed by atoms with van der Waals surface area (Å²) in [5, 5.41) is 3.69. The first kappa shape index (κ1) is 13.7. The lowest BCUT2D eigenvalue weighted by molar-refractivity contribution is 0.625. The second-order valence-electron chi connectivity index (χ2n) is 4.15. The van der Waals surface area contributed by atoms with Crippen molar-refractivity contribution in [3.05, 3.63) is 52.7 Å². The minimum Gasteiger partial charge on any atom is -0.369 e. The molecule has 2 rings (SSSR count). The Morgan fingerprint density at radius 1 is 1.32 bits per heavy atom. The molecular formula is C14H15ClFN3. The highest BCUT2D eigenvalue weighted by atomic mass is 35.5. The van der Waals surface area contributed by atoms with Crippen molar-refractivity contribution < 1.29 is 4.39 Å². The predicted octanol–water partition coefficient (Wildman–Crippen LogP) is 3.49. The molecule has 0 radical (unpaired) electrons. The molecule has 0 spiro atoms. The molecular weight excluding hydrogens is 265 g/mol. The molecule has 2 aromatic rings. The first-order valence-corrected chi connectivity index (χ1v) is 6.56. The zero-order valence-electron chi connectivity index (χ0n) is 10.7. The van der Waals surface area contributed by atoms with Gasteiger partial charge in [-0.15, -0.1) is 0 Å². The highest BCUT2D eigenvalue weighted by Crippen LogP contribution is 2.20. The van der Waals surface area contributed by atoms with E-state index in [0.717, 1.165) is 29.8 Å². The van der Waals surface area contributed by atoms with E-state index in [2.05, 4.69) is 15.3 Å². The highest BCUT2D eigenvalue weighted by molar-refractivity contribution is 6.30. The summed E-state index contributed by atoms with van der Waals surface area (Å²) < 4.78 is 13.0. The standard InChI is InChI=1S/C14H15ClFN3/c1-2-12-13(15)18-9-19-14(12)17-7-6-10-4-3-5-11(16)8-10/h3-5,8-9H,2,6-7H2,1H3,(H,17,18,19). The molecule has 0 aliphatic carbocycles. The van der Waals surface area contributed by atoms with Crippen molar-refractivity contribution in [2.75, 3.05) is 11.9 Å². The zero-order valence-corrected chi connectivity index (χ0v) is 11.4. The van der Waals surface area contributed by atoms with Crippen LogP contribution in [0.1, 0.15) is 18.1 Å². The molecule has 0 aliphatic rings. The summed E-state index contributed by atoms with van der Waals surface area (Å²) in [4.78, 5) is 8.13. The molecule has 1 aromatic heterocycles. The third-order valence-electron chi connectivity index (χ3n) is 2.84. The summed E-state index contributed by atoms with van der Waals surface area (Å²) in [6.07, 6.45) is 2.93. The maximum atomic E-state index is 13.0. The van der Waals surface area contributed by atoms with Crippen molar-refractivity contribution in [2.45, 2.75) is 19.8 Å². The zero-order chi connectivity index (χ0) is 13.7. The molecule has 0 bridgehead atoms. The van der Waals surface area contributed by atoms with Gasteiger partial charge in [0.05, 0.1) is 0 Å². The maximum absolute atomic E-state index is 13.0. The van der Waals surface area contributed by atoms with E-state index in [-0.39, 0.29) is 5.82 Å². The van der Waals surface area contributed by atoms with E-state index in [1.807, 2.05) is 13.0 Å². The summed E-state index contributed by atoms with van der Waals surface area (Å²) >= 11 is 6.01. The van der Waals surface area contributed by atoms with E-state index in [1.54, 1.807) is 6.07 Å². The number of nitrogens with zero attached hydrogens (tertiary/aromatic N) is 2. The molecule has 100 valence electrons. The second kappa shape index (κ2) is 6.48. The van der Waals surface area contributed by atoms with Gasteiger partial charge in [-0.3, -0.25) is 0 Å². The van der Waals surface area contributed by atoms with Crippen molar-refractivity contribution in [2.24, 2.45) is 0 Å². The van der Waals surface area contributed by atoms with Crippen molar-refractivity contribution in [1.29, 1.82) is 0 Å². The molecule has 0 fully saturated rings. The van der Waals surface area contributed by atoms with Crippen LogP contribution >= 0.6 is 11.6 Å². The number of halogens is 2. The van der Waals surface area contributed by atoms with Crippen LogP contribution in [-0.4, -0.2) is 16.5 Å². The lowest BCUT2D eigenvalue weighted by atomic mass is 10.1. The second-order valence-corrected chi connectivity index (χ2v) is 4.51. The van der Waals surface area contributed by atoms with Crippen LogP contribution in [0, 0.1) is 5.82 Å². The van der Waals surface area contributed by atoms with Crippen molar-refractivity contribution in [3.8, 4) is 0 Å². The largest absolute Gasteiger partial charge is 0.369 e. The van der Waals surface area contributed by atoms with Crippen molar-refractivity contribution in [1.82, 2.24) is 9.97 Å². The van der Waals surface area contributed by atoms with E-state index in [4.69, 9.17) is 11.6 Å². The third-order valence-corrected chi connectivity index (χ3v) is 3.17. The first-order chi connectivity index (χ1) is 9.20. The van der Waals surface area contributed by atoms with Crippen molar-refractivity contribution in [3.63, 3.8) is 0 Å². The van der Waals surface area contributed by atoms with Crippen LogP contribution in [-0.2, 0) is 12.8 Å². The lowest BCUT2D eigenvalue weighted by Gasteiger charge is -2.10. The van der Waals surface area contributed by atoms with Gasteiger partial charge in [0.2, 0.25) is 0 Å². The number of benzene rings is 1. The Bertz CT molecular complexity index is 560. The lowest BCUT2D eigenvalue weighted by Crippen LogP contribution is -2.09. The fourth-order valence-electron chi connectivity index (χ4n) is 1.87. The number of nitrogens with one attached hydrogen (secondary N) is 1. The smallest absolute Gasteiger partial charge is 0.137 e. The Morgan fingerprint density at radius 2 is 2.16 bits per heavy atom. The Labute approximate surface area is 116 Å². The van der Waals surface area contributed by atoms with Gasteiger partial charge < -0.3 is 5.32 Å². The van der Waals surface area contributed by atoms with Crippen LogP contribution in [0.2, 0.25) is 5.15 Å². The van der Waals surface area contributed by atoms with E-state index < -0.39 is 0 Å². The fourth-order valence-corrected chi connectivity index (χ4v) is 2.14. The van der Waals surface area contributed by atoms with E-state index in [1.165, 1.54) is 18.5 Å². The van der Waals surface area contributed by atoms with Crippen LogP contribution in [0.4, 0.5) is 10.2 Å². The first-order valence-electron chi connectivity index (χ1n) is 6.18. The van der Waals surface area contributed by atoms with Gasteiger partial charge in [0.1, 0.15) is 23.1 Å². The van der Waals surface area contributed by atoms with Gasteiger partial charge >= 0.3 is 0 Å². The average molecular weight is 280 g/mol. The molecule has 5 heteroatoms. The summed E-state index contributed by atoms with van der Waals surface area (Å²) in [6, 6.07) is 6.59. The molecule has 19 heavy (non-hydrogen) atoms. The number of anilines is 1. The fraction of sp³-hybridized carbons (Fsp3) is 0.286. The predicted molar refractivity (Wildman–Crippen MR) is 75.0 cm³/mol. The van der Waals surface area contributed by atoms with Gasteiger partial charge in [-0.2, -0.15) is 0 Å². The number of hydrogen-bond donors (Lipinski definition) is 1. The van der Waals surface area contributed by atoms with Gasteiger partial charge in [0.25, 0.3) is 0 Å². The van der Waals surface area contributed by atoms with Crippen LogP contribution in [0.3, 0.4) is 0 Å². The number of hydrogen-bond acceptors (Lipinski definition) is 3. The van der Waals surface area contributed by atoms with Gasteiger partial charge in [-0.25, -0.2) is 14.4 Å². The minimum absolute atomic E-state index is 0.211. The monoisotopic (exact) mass is 279 g/mol. The topological polar surface area (TPSA) is 37.8 Å². The third kappa shape index (κ3) is 3.64. The van der Waals surface area contributed by atoms with E-state index in [9.17, 15) is 4.39 Å². The Morgan fingerprint density at radius 3 is 2.89 bits per heavy atom. The van der Waals surface area contributed by atoms with Gasteiger partial charge in [0, 0.05) is 12.1 Å². The van der Waals surface area contributed by atoms with E-state index in [0.29, 0.717) is 11.7 Å². The number of rotatable bonds is 5. The molecule has 1 N–H and O–H groups in total. The Balaban J connectivity index is 1.98. The quantitative estimate of drug-likeness (QED) is 0.852.